The third kappa shape index (κ3) is 2.44. The SMILES string of the molecule is COC(=O)c1n[nH]c(=O)c(-c2ccc(C#N)c(F)c2)c1O. The molecule has 0 saturated carbocycles. The van der Waals surface area contributed by atoms with E-state index in [2.05, 4.69) is 9.84 Å². The number of hydrogen-bond donors (Lipinski definition) is 2. The molecular weight excluding hydrogens is 281 g/mol. The van der Waals surface area contributed by atoms with Crippen LogP contribution in [0.1, 0.15) is 16.1 Å². The highest BCUT2D eigenvalue weighted by Gasteiger charge is 2.21. The van der Waals surface area contributed by atoms with Crippen molar-refractivity contribution in [2.45, 2.75) is 0 Å². The number of rotatable bonds is 2. The summed E-state index contributed by atoms with van der Waals surface area (Å²) < 4.78 is 18.0. The van der Waals surface area contributed by atoms with E-state index in [-0.39, 0.29) is 16.7 Å². The van der Waals surface area contributed by atoms with Gasteiger partial charge in [0.25, 0.3) is 5.56 Å². The first-order valence-electron chi connectivity index (χ1n) is 5.59. The second-order valence-electron chi connectivity index (χ2n) is 3.92. The number of hydrogen-bond acceptors (Lipinski definition) is 6. The first-order chi connectivity index (χ1) is 9.99. The van der Waals surface area contributed by atoms with Gasteiger partial charge in [-0.1, -0.05) is 6.07 Å². The molecule has 7 nitrogen and oxygen atoms in total. The summed E-state index contributed by atoms with van der Waals surface area (Å²) in [6, 6.07) is 4.96. The number of methoxy groups -OCH3 is 1. The Morgan fingerprint density at radius 3 is 2.81 bits per heavy atom. The van der Waals surface area contributed by atoms with E-state index >= 15 is 0 Å². The molecule has 0 aliphatic carbocycles. The second-order valence-corrected chi connectivity index (χ2v) is 3.92. The number of carbonyl (C=O) groups excluding carboxylic acids is 1. The van der Waals surface area contributed by atoms with Crippen LogP contribution in [0.2, 0.25) is 0 Å². The van der Waals surface area contributed by atoms with Crippen LogP contribution in [0.5, 0.6) is 5.75 Å². The summed E-state index contributed by atoms with van der Waals surface area (Å²) in [7, 11) is 1.08. The van der Waals surface area contributed by atoms with E-state index in [4.69, 9.17) is 5.26 Å². The Kier molecular flexibility index (Phi) is 3.67. The van der Waals surface area contributed by atoms with Crippen molar-refractivity contribution in [1.82, 2.24) is 10.2 Å². The number of nitriles is 1. The van der Waals surface area contributed by atoms with Gasteiger partial charge in [-0.05, 0) is 17.7 Å². The molecule has 8 heteroatoms. The normalized spacial score (nSPS) is 9.95. The molecule has 0 radical (unpaired) electrons. The topological polar surface area (TPSA) is 116 Å². The molecule has 1 aromatic carbocycles. The van der Waals surface area contributed by atoms with Gasteiger partial charge in [-0.25, -0.2) is 14.3 Å². The van der Waals surface area contributed by atoms with Crippen LogP contribution in [0.3, 0.4) is 0 Å². The van der Waals surface area contributed by atoms with E-state index in [1.54, 1.807) is 6.07 Å². The van der Waals surface area contributed by atoms with Crippen LogP contribution in [0.15, 0.2) is 23.0 Å². The fraction of sp³-hybridized carbons (Fsp3) is 0.0769. The van der Waals surface area contributed by atoms with Crippen LogP contribution >= 0.6 is 0 Å². The van der Waals surface area contributed by atoms with Crippen LogP contribution < -0.4 is 5.56 Å². The molecule has 2 rings (SSSR count). The third-order valence-corrected chi connectivity index (χ3v) is 2.71. The van der Waals surface area contributed by atoms with Gasteiger partial charge in [0.2, 0.25) is 5.69 Å². The molecule has 0 unspecified atom stereocenters. The number of aromatic nitrogens is 2. The molecule has 21 heavy (non-hydrogen) atoms. The number of carbonyl (C=O) groups is 1. The van der Waals surface area contributed by atoms with Crippen molar-refractivity contribution in [3.63, 3.8) is 0 Å². The summed E-state index contributed by atoms with van der Waals surface area (Å²) in [4.78, 5) is 23.2. The minimum Gasteiger partial charge on any atom is -0.505 e. The number of aromatic hydroxyl groups is 1. The first-order valence-corrected chi connectivity index (χ1v) is 5.59. The van der Waals surface area contributed by atoms with Gasteiger partial charge in [-0.3, -0.25) is 4.79 Å². The van der Waals surface area contributed by atoms with Crippen molar-refractivity contribution in [2.24, 2.45) is 0 Å². The molecule has 0 bridgehead atoms. The summed E-state index contributed by atoms with van der Waals surface area (Å²) in [6.45, 7) is 0. The van der Waals surface area contributed by atoms with E-state index in [9.17, 15) is 19.1 Å². The summed E-state index contributed by atoms with van der Waals surface area (Å²) >= 11 is 0. The lowest BCUT2D eigenvalue weighted by atomic mass is 10.0. The molecule has 0 aliphatic rings. The lowest BCUT2D eigenvalue weighted by Crippen LogP contribution is -2.16. The van der Waals surface area contributed by atoms with E-state index < -0.39 is 28.8 Å². The molecule has 2 aromatic rings. The predicted octanol–water partition coefficient (Wildman–Crippen LogP) is 0.940. The molecular formula is C13H8FN3O4. The maximum atomic E-state index is 13.6. The number of nitrogens with one attached hydrogen (secondary N) is 1. The maximum absolute atomic E-state index is 13.6. The van der Waals surface area contributed by atoms with Gasteiger partial charge >= 0.3 is 5.97 Å². The lowest BCUT2D eigenvalue weighted by molar-refractivity contribution is 0.0589. The highest BCUT2D eigenvalue weighted by Crippen LogP contribution is 2.28. The monoisotopic (exact) mass is 289 g/mol. The van der Waals surface area contributed by atoms with Gasteiger partial charge in [-0.15, -0.1) is 0 Å². The Labute approximate surface area is 117 Å². The van der Waals surface area contributed by atoms with E-state index in [0.717, 1.165) is 19.2 Å². The van der Waals surface area contributed by atoms with Gasteiger partial charge in [0.1, 0.15) is 11.9 Å². The fourth-order valence-corrected chi connectivity index (χ4v) is 1.71. The van der Waals surface area contributed by atoms with E-state index in [1.165, 1.54) is 6.07 Å². The molecule has 106 valence electrons. The Bertz CT molecular complexity index is 823. The lowest BCUT2D eigenvalue weighted by Gasteiger charge is -2.07. The smallest absolute Gasteiger partial charge is 0.362 e. The van der Waals surface area contributed by atoms with Crippen LogP contribution in [0, 0.1) is 17.1 Å². The van der Waals surface area contributed by atoms with Crippen LogP contribution in [-0.2, 0) is 4.74 Å². The van der Waals surface area contributed by atoms with Crippen molar-refractivity contribution in [1.29, 1.82) is 5.26 Å². The number of ether oxygens (including phenoxy) is 1. The molecule has 0 spiro atoms. The minimum absolute atomic E-state index is 0.00203. The van der Waals surface area contributed by atoms with Crippen LogP contribution in [0.25, 0.3) is 11.1 Å². The number of benzene rings is 1. The minimum atomic E-state index is -0.959. The summed E-state index contributed by atoms with van der Waals surface area (Å²) in [5.74, 6) is -2.54. The highest BCUT2D eigenvalue weighted by atomic mass is 19.1. The quantitative estimate of drug-likeness (QED) is 0.795. The first kappa shape index (κ1) is 14.2. The van der Waals surface area contributed by atoms with Gasteiger partial charge < -0.3 is 9.84 Å². The van der Waals surface area contributed by atoms with E-state index in [0.29, 0.717) is 0 Å². The second kappa shape index (κ2) is 5.42. The summed E-state index contributed by atoms with van der Waals surface area (Å²) in [5, 5.41) is 24.0. The number of aromatic amines is 1. The average Bonchev–Trinajstić information content (AvgIpc) is 2.47. The van der Waals surface area contributed by atoms with Gasteiger partial charge in [0.15, 0.2) is 5.75 Å². The standard InChI is InChI=1S/C13H8FN3O4/c1-21-13(20)10-11(18)9(12(19)17-16-10)6-2-3-7(5-15)8(14)4-6/h2-4H,1H3,(H2,17,18,19). The average molecular weight is 289 g/mol. The molecule has 0 fully saturated rings. The summed E-state index contributed by atoms with van der Waals surface area (Å²) in [5.41, 5.74) is -1.87. The number of esters is 1. The van der Waals surface area contributed by atoms with Crippen molar-refractivity contribution in [3.05, 3.63) is 45.6 Å². The van der Waals surface area contributed by atoms with Gasteiger partial charge in [0, 0.05) is 0 Å². The van der Waals surface area contributed by atoms with Crippen molar-refractivity contribution < 1.29 is 19.0 Å². The molecule has 0 saturated heterocycles. The zero-order valence-corrected chi connectivity index (χ0v) is 10.7. The fourth-order valence-electron chi connectivity index (χ4n) is 1.71. The number of H-pyrrole nitrogens is 1. The molecule has 0 atom stereocenters. The van der Waals surface area contributed by atoms with Crippen molar-refractivity contribution in [3.8, 4) is 22.9 Å². The molecule has 0 amide bonds. The van der Waals surface area contributed by atoms with Crippen LogP contribution in [0.4, 0.5) is 4.39 Å². The Balaban J connectivity index is 2.69. The van der Waals surface area contributed by atoms with Gasteiger partial charge in [-0.2, -0.15) is 10.4 Å². The third-order valence-electron chi connectivity index (χ3n) is 2.71. The predicted molar refractivity (Wildman–Crippen MR) is 68.0 cm³/mol. The zero-order valence-electron chi connectivity index (χ0n) is 10.7. The molecule has 1 aromatic heterocycles. The van der Waals surface area contributed by atoms with Crippen molar-refractivity contribution in [2.75, 3.05) is 7.11 Å². The Morgan fingerprint density at radius 2 is 2.24 bits per heavy atom. The van der Waals surface area contributed by atoms with Crippen molar-refractivity contribution >= 4 is 5.97 Å². The largest absolute Gasteiger partial charge is 0.505 e. The summed E-state index contributed by atoms with van der Waals surface area (Å²) in [6.07, 6.45) is 0. The Morgan fingerprint density at radius 1 is 1.52 bits per heavy atom. The molecule has 2 N–H and O–H groups in total. The maximum Gasteiger partial charge on any atom is 0.362 e. The molecule has 1 heterocycles. The van der Waals surface area contributed by atoms with Crippen LogP contribution in [-0.4, -0.2) is 28.4 Å². The van der Waals surface area contributed by atoms with E-state index in [1.807, 2.05) is 5.10 Å². The number of nitrogens with zero attached hydrogens (tertiary/aromatic N) is 2. The number of halogens is 1. The van der Waals surface area contributed by atoms with Gasteiger partial charge in [0.05, 0.1) is 18.2 Å². The Hall–Kier alpha value is -3.21. The molecule has 0 aliphatic heterocycles. The highest BCUT2D eigenvalue weighted by molar-refractivity contribution is 5.92. The zero-order chi connectivity index (χ0) is 15.6.